The van der Waals surface area contributed by atoms with Crippen LogP contribution in [0.3, 0.4) is 0 Å². The van der Waals surface area contributed by atoms with Crippen LogP contribution in [0, 0.1) is 13.8 Å². The minimum Gasteiger partial charge on any atom is -0.333 e. The van der Waals surface area contributed by atoms with Crippen molar-refractivity contribution in [2.24, 2.45) is 0 Å². The number of rotatable bonds is 2. The van der Waals surface area contributed by atoms with Crippen molar-refractivity contribution >= 4 is 16.7 Å². The summed E-state index contributed by atoms with van der Waals surface area (Å²) in [7, 11) is 2.25. The second kappa shape index (κ2) is 5.65. The van der Waals surface area contributed by atoms with Crippen molar-refractivity contribution in [2.75, 3.05) is 11.9 Å². The molecule has 1 unspecified atom stereocenters. The summed E-state index contributed by atoms with van der Waals surface area (Å²) in [6.07, 6.45) is 2.27. The van der Waals surface area contributed by atoms with Crippen molar-refractivity contribution in [3.8, 4) is 11.4 Å². The van der Waals surface area contributed by atoms with Crippen LogP contribution >= 0.6 is 0 Å². The maximum Gasteiger partial charge on any atom is 0.294 e. The highest BCUT2D eigenvalue weighted by Crippen LogP contribution is 2.55. The van der Waals surface area contributed by atoms with Gasteiger partial charge in [-0.1, -0.05) is 32.9 Å². The molecular weight excluding hydrogens is 354 g/mol. The molecule has 3 aromatic rings. The van der Waals surface area contributed by atoms with Crippen LogP contribution in [0.15, 0.2) is 30.3 Å². The van der Waals surface area contributed by atoms with Gasteiger partial charge in [0.1, 0.15) is 5.54 Å². The maximum absolute atomic E-state index is 2.74. The Labute approximate surface area is 175 Å². The highest BCUT2D eigenvalue weighted by Gasteiger charge is 2.55. The third kappa shape index (κ3) is 1.97. The molecule has 0 saturated heterocycles. The van der Waals surface area contributed by atoms with Crippen LogP contribution < -0.4 is 9.47 Å². The highest BCUT2D eigenvalue weighted by molar-refractivity contribution is 5.87. The van der Waals surface area contributed by atoms with Gasteiger partial charge in [-0.05, 0) is 75.4 Å². The molecule has 152 valence electrons. The lowest BCUT2D eigenvalue weighted by Gasteiger charge is -2.46. The zero-order chi connectivity index (χ0) is 20.9. The highest BCUT2D eigenvalue weighted by atomic mass is 15.4. The van der Waals surface area contributed by atoms with E-state index in [9.17, 15) is 0 Å². The Morgan fingerprint density at radius 1 is 1.03 bits per heavy atom. The molecule has 0 N–H and O–H groups in total. The van der Waals surface area contributed by atoms with Gasteiger partial charge in [0.25, 0.3) is 5.82 Å². The van der Waals surface area contributed by atoms with Crippen molar-refractivity contribution in [1.29, 1.82) is 0 Å². The van der Waals surface area contributed by atoms with Gasteiger partial charge in [-0.25, -0.2) is 4.57 Å². The van der Waals surface area contributed by atoms with E-state index >= 15 is 0 Å². The molecule has 3 heteroatoms. The Bertz CT molecular complexity index is 1160. The van der Waals surface area contributed by atoms with E-state index in [-0.39, 0.29) is 11.2 Å². The average molecular weight is 389 g/mol. The van der Waals surface area contributed by atoms with Gasteiger partial charge in [0, 0.05) is 13.0 Å². The fourth-order valence-corrected chi connectivity index (χ4v) is 6.25. The minimum absolute atomic E-state index is 0.0954. The molecule has 2 aliphatic rings. The number of hydrogen-bond acceptors (Lipinski definition) is 1. The third-order valence-electron chi connectivity index (χ3n) is 8.47. The maximum atomic E-state index is 2.74. The molecule has 5 rings (SSSR count). The Balaban J connectivity index is 2.09. The normalized spacial score (nSPS) is 20.8. The molecule has 1 aromatic heterocycles. The first-order chi connectivity index (χ1) is 13.7. The summed E-state index contributed by atoms with van der Waals surface area (Å²) in [4.78, 5) is 2.47. The molecule has 0 fully saturated rings. The first-order valence-electron chi connectivity index (χ1n) is 11.2. The molecule has 3 heterocycles. The van der Waals surface area contributed by atoms with Crippen LogP contribution in [0.1, 0.15) is 70.1 Å². The van der Waals surface area contributed by atoms with E-state index in [1.807, 2.05) is 0 Å². The number of fused-ring (bicyclic) bond motifs is 3. The lowest BCUT2D eigenvalue weighted by molar-refractivity contribution is -0.725. The Morgan fingerprint density at radius 2 is 1.69 bits per heavy atom. The lowest BCUT2D eigenvalue weighted by atomic mass is 9.71. The van der Waals surface area contributed by atoms with Crippen LogP contribution in [0.5, 0.6) is 0 Å². The smallest absolute Gasteiger partial charge is 0.294 e. The molecule has 0 radical (unpaired) electrons. The van der Waals surface area contributed by atoms with Crippen molar-refractivity contribution in [2.45, 2.75) is 78.4 Å². The summed E-state index contributed by atoms with van der Waals surface area (Å²) in [6.45, 7) is 16.4. The van der Waals surface area contributed by atoms with Gasteiger partial charge in [0.05, 0.1) is 11.3 Å². The SMILES string of the molecule is CCC1(CC)C(C)c2cccc3c2-c2n1c1cc(C)c(C)cc1[n+]2C(C)(C)N3C. The van der Waals surface area contributed by atoms with Gasteiger partial charge in [-0.2, -0.15) is 4.57 Å². The monoisotopic (exact) mass is 388 g/mol. The molecule has 29 heavy (non-hydrogen) atoms. The van der Waals surface area contributed by atoms with Gasteiger partial charge >= 0.3 is 0 Å². The fraction of sp³-hybridized carbons (Fsp3) is 0.500. The van der Waals surface area contributed by atoms with E-state index in [1.54, 1.807) is 0 Å². The quantitative estimate of drug-likeness (QED) is 0.491. The average Bonchev–Trinajstić information content (AvgIpc) is 3.03. The Morgan fingerprint density at radius 3 is 2.34 bits per heavy atom. The fourth-order valence-electron chi connectivity index (χ4n) is 6.25. The molecule has 0 aliphatic carbocycles. The predicted octanol–water partition coefficient (Wildman–Crippen LogP) is 5.99. The van der Waals surface area contributed by atoms with Crippen LogP contribution in [-0.4, -0.2) is 11.6 Å². The van der Waals surface area contributed by atoms with E-state index in [1.165, 1.54) is 44.8 Å². The zero-order valence-electron chi connectivity index (χ0n) is 19.2. The molecule has 0 amide bonds. The van der Waals surface area contributed by atoms with Crippen LogP contribution in [-0.2, 0) is 11.2 Å². The standard InChI is InChI=1S/C26H34N3/c1-9-26(10-2)18(5)19-12-11-13-20-23(19)24-28(25(6,7)27(20)8)21-14-16(3)17(4)15-22(21)29(24)26/h11-15,18H,9-10H2,1-8H3/q+1. The molecule has 0 bridgehead atoms. The van der Waals surface area contributed by atoms with Crippen molar-refractivity contribution in [3.63, 3.8) is 0 Å². The van der Waals surface area contributed by atoms with Gasteiger partial charge < -0.3 is 4.90 Å². The number of aryl methyl sites for hydroxylation is 2. The van der Waals surface area contributed by atoms with E-state index in [0.29, 0.717) is 5.92 Å². The van der Waals surface area contributed by atoms with Gasteiger partial charge in [0.15, 0.2) is 16.7 Å². The van der Waals surface area contributed by atoms with Gasteiger partial charge in [-0.15, -0.1) is 0 Å². The van der Waals surface area contributed by atoms with Crippen LogP contribution in [0.25, 0.3) is 22.4 Å². The van der Waals surface area contributed by atoms with E-state index < -0.39 is 0 Å². The summed E-state index contributed by atoms with van der Waals surface area (Å²) in [5, 5.41) is 0. The second-order valence-electron chi connectivity index (χ2n) is 9.75. The predicted molar refractivity (Wildman–Crippen MR) is 122 cm³/mol. The number of benzene rings is 2. The second-order valence-corrected chi connectivity index (χ2v) is 9.75. The third-order valence-corrected chi connectivity index (χ3v) is 8.47. The van der Waals surface area contributed by atoms with Gasteiger partial charge in [-0.3, -0.25) is 0 Å². The Hall–Kier alpha value is -2.29. The number of aromatic nitrogens is 2. The topological polar surface area (TPSA) is 12.0 Å². The molecule has 1 atom stereocenters. The van der Waals surface area contributed by atoms with Gasteiger partial charge in [0.2, 0.25) is 0 Å². The lowest BCUT2D eigenvalue weighted by Crippen LogP contribution is -2.65. The van der Waals surface area contributed by atoms with Crippen molar-refractivity contribution < 1.29 is 4.57 Å². The van der Waals surface area contributed by atoms with Crippen LogP contribution in [0.2, 0.25) is 0 Å². The summed E-state index contributed by atoms with van der Waals surface area (Å²) in [5.74, 6) is 1.88. The summed E-state index contributed by atoms with van der Waals surface area (Å²) >= 11 is 0. The first-order valence-corrected chi connectivity index (χ1v) is 11.2. The molecule has 2 aliphatic heterocycles. The van der Waals surface area contributed by atoms with Crippen molar-refractivity contribution in [1.82, 2.24) is 4.57 Å². The first kappa shape index (κ1) is 18.7. The van der Waals surface area contributed by atoms with E-state index in [2.05, 4.69) is 99.9 Å². The molecule has 0 saturated carbocycles. The largest absolute Gasteiger partial charge is 0.333 e. The van der Waals surface area contributed by atoms with Crippen LogP contribution in [0.4, 0.5) is 5.69 Å². The minimum atomic E-state index is -0.139. The molecular formula is C26H34N3+. The summed E-state index contributed by atoms with van der Waals surface area (Å²) < 4.78 is 5.35. The number of anilines is 1. The Kier molecular flexibility index (Phi) is 3.65. The number of nitrogens with zero attached hydrogens (tertiary/aromatic N) is 3. The van der Waals surface area contributed by atoms with Crippen molar-refractivity contribution in [3.05, 3.63) is 47.0 Å². The zero-order valence-corrected chi connectivity index (χ0v) is 19.2. The number of imidazole rings is 1. The van der Waals surface area contributed by atoms with E-state index in [0.717, 1.165) is 12.8 Å². The molecule has 2 aromatic carbocycles. The summed E-state index contributed by atoms with van der Waals surface area (Å²) in [6, 6.07) is 11.8. The molecule has 3 nitrogen and oxygen atoms in total. The summed E-state index contributed by atoms with van der Waals surface area (Å²) in [5.41, 5.74) is 9.76. The molecule has 0 spiro atoms. The van der Waals surface area contributed by atoms with E-state index in [4.69, 9.17) is 0 Å². The number of hydrogen-bond donors (Lipinski definition) is 0.